The number of nitrogens with zero attached hydrogens (tertiary/aromatic N) is 1. The third kappa shape index (κ3) is 3.70. The van der Waals surface area contributed by atoms with Crippen molar-refractivity contribution in [1.29, 1.82) is 5.41 Å². The van der Waals surface area contributed by atoms with Gasteiger partial charge in [-0.3, -0.25) is 0 Å². The Kier molecular flexibility index (Phi) is 4.81. The second-order valence-corrected chi connectivity index (χ2v) is 3.66. The summed E-state index contributed by atoms with van der Waals surface area (Å²) in [4.78, 5) is 4.25. The first-order chi connectivity index (χ1) is 7.25. The summed E-state index contributed by atoms with van der Waals surface area (Å²) in [6.45, 7) is 4.91. The number of nitrogens with one attached hydrogen (secondary N) is 2. The molecule has 0 spiro atoms. The fourth-order valence-electron chi connectivity index (χ4n) is 1.43. The van der Waals surface area contributed by atoms with E-state index in [1.807, 2.05) is 12.1 Å². The van der Waals surface area contributed by atoms with Gasteiger partial charge in [0.1, 0.15) is 5.82 Å². The van der Waals surface area contributed by atoms with Crippen LogP contribution in [0.2, 0.25) is 0 Å². The van der Waals surface area contributed by atoms with Crippen molar-refractivity contribution in [2.75, 3.05) is 11.9 Å². The summed E-state index contributed by atoms with van der Waals surface area (Å²) in [5.74, 6) is 0.834. The van der Waals surface area contributed by atoms with Gasteiger partial charge < -0.3 is 10.7 Å². The molecule has 1 aromatic rings. The lowest BCUT2D eigenvalue weighted by Crippen LogP contribution is -2.08. The lowest BCUT2D eigenvalue weighted by Gasteiger charge is -2.09. The summed E-state index contributed by atoms with van der Waals surface area (Å²) in [5, 5.41) is 10.9. The van der Waals surface area contributed by atoms with Gasteiger partial charge in [0.15, 0.2) is 0 Å². The zero-order chi connectivity index (χ0) is 11.1. The van der Waals surface area contributed by atoms with E-state index in [9.17, 15) is 0 Å². The van der Waals surface area contributed by atoms with E-state index >= 15 is 0 Å². The fourth-order valence-corrected chi connectivity index (χ4v) is 1.43. The van der Waals surface area contributed by atoms with Crippen molar-refractivity contribution < 1.29 is 0 Å². The van der Waals surface area contributed by atoms with Crippen LogP contribution in [0.5, 0.6) is 0 Å². The van der Waals surface area contributed by atoms with Gasteiger partial charge in [0.25, 0.3) is 0 Å². The molecule has 0 aliphatic carbocycles. The summed E-state index contributed by atoms with van der Waals surface area (Å²) in [5.41, 5.74) is 1.45. The van der Waals surface area contributed by atoms with E-state index in [1.165, 1.54) is 12.8 Å². The zero-order valence-corrected chi connectivity index (χ0v) is 9.51. The second kappa shape index (κ2) is 6.17. The minimum Gasteiger partial charge on any atom is -0.370 e. The van der Waals surface area contributed by atoms with Gasteiger partial charge >= 0.3 is 0 Å². The van der Waals surface area contributed by atoms with E-state index in [0.29, 0.717) is 5.71 Å². The normalized spacial score (nSPS) is 10.0. The highest BCUT2D eigenvalue weighted by molar-refractivity contribution is 6.00. The first kappa shape index (κ1) is 11.7. The van der Waals surface area contributed by atoms with Crippen LogP contribution in [0.3, 0.4) is 0 Å². The van der Waals surface area contributed by atoms with Crippen molar-refractivity contribution in [3.8, 4) is 0 Å². The van der Waals surface area contributed by atoms with Gasteiger partial charge in [-0.1, -0.05) is 19.8 Å². The molecule has 3 nitrogen and oxygen atoms in total. The van der Waals surface area contributed by atoms with Gasteiger partial charge in [0, 0.05) is 24.0 Å². The maximum absolute atomic E-state index is 7.61. The molecule has 0 radical (unpaired) electrons. The quantitative estimate of drug-likeness (QED) is 0.554. The number of anilines is 1. The second-order valence-electron chi connectivity index (χ2n) is 3.66. The summed E-state index contributed by atoms with van der Waals surface area (Å²) < 4.78 is 0. The van der Waals surface area contributed by atoms with Crippen molar-refractivity contribution in [3.05, 3.63) is 23.9 Å². The molecule has 0 amide bonds. The molecule has 0 atom stereocenters. The number of aromatic nitrogens is 1. The molecule has 3 heteroatoms. The maximum atomic E-state index is 7.61. The van der Waals surface area contributed by atoms with Crippen molar-refractivity contribution in [2.24, 2.45) is 0 Å². The molecule has 0 saturated heterocycles. The zero-order valence-electron chi connectivity index (χ0n) is 9.51. The van der Waals surface area contributed by atoms with Crippen LogP contribution in [0.1, 0.15) is 38.7 Å². The highest BCUT2D eigenvalue weighted by atomic mass is 15.0. The molecule has 15 heavy (non-hydrogen) atoms. The lowest BCUT2D eigenvalue weighted by molar-refractivity contribution is 0.742. The number of hydrogen-bond donors (Lipinski definition) is 2. The highest BCUT2D eigenvalue weighted by Crippen LogP contribution is 2.11. The average Bonchev–Trinajstić information content (AvgIpc) is 2.25. The third-order valence-corrected chi connectivity index (χ3v) is 2.28. The van der Waals surface area contributed by atoms with Gasteiger partial charge in [0.05, 0.1) is 0 Å². The van der Waals surface area contributed by atoms with Crippen LogP contribution in [0.4, 0.5) is 5.82 Å². The Hall–Kier alpha value is -1.38. The number of hydrogen-bond acceptors (Lipinski definition) is 3. The van der Waals surface area contributed by atoms with Gasteiger partial charge in [0.2, 0.25) is 0 Å². The third-order valence-electron chi connectivity index (χ3n) is 2.28. The lowest BCUT2D eigenvalue weighted by atomic mass is 10.1. The molecule has 2 N–H and O–H groups in total. The standard InChI is InChI=1S/C12H19N3/c1-3-4-5-8-14-12-11(10(2)13)7-6-9-15-12/h6-7,9,13H,3-5,8H2,1-2H3,(H,14,15). The number of unbranched alkanes of at least 4 members (excludes halogenated alkanes) is 2. The van der Waals surface area contributed by atoms with Crippen LogP contribution < -0.4 is 5.32 Å². The Labute approximate surface area is 91.4 Å². The Balaban J connectivity index is 2.56. The predicted octanol–water partition coefficient (Wildman–Crippen LogP) is 3.07. The molecule has 0 saturated carbocycles. The molecule has 0 aromatic carbocycles. The van der Waals surface area contributed by atoms with Crippen LogP contribution >= 0.6 is 0 Å². The summed E-state index contributed by atoms with van der Waals surface area (Å²) in [7, 11) is 0. The Morgan fingerprint density at radius 1 is 1.47 bits per heavy atom. The molecule has 0 fully saturated rings. The molecule has 1 rings (SSSR count). The summed E-state index contributed by atoms with van der Waals surface area (Å²) >= 11 is 0. The molecule has 1 aromatic heterocycles. The number of pyridine rings is 1. The molecule has 0 unspecified atom stereocenters. The minimum atomic E-state index is 0.557. The largest absolute Gasteiger partial charge is 0.370 e. The van der Waals surface area contributed by atoms with Crippen molar-refractivity contribution >= 4 is 11.5 Å². The Morgan fingerprint density at radius 3 is 2.93 bits per heavy atom. The van der Waals surface area contributed by atoms with Crippen LogP contribution in [-0.4, -0.2) is 17.2 Å². The monoisotopic (exact) mass is 205 g/mol. The van der Waals surface area contributed by atoms with Gasteiger partial charge in [-0.25, -0.2) is 4.98 Å². The molecular weight excluding hydrogens is 186 g/mol. The topological polar surface area (TPSA) is 48.8 Å². The van der Waals surface area contributed by atoms with Crippen LogP contribution in [0.15, 0.2) is 18.3 Å². The fraction of sp³-hybridized carbons (Fsp3) is 0.500. The van der Waals surface area contributed by atoms with Gasteiger partial charge in [-0.2, -0.15) is 0 Å². The van der Waals surface area contributed by atoms with E-state index in [4.69, 9.17) is 5.41 Å². The van der Waals surface area contributed by atoms with Crippen molar-refractivity contribution in [2.45, 2.75) is 33.1 Å². The van der Waals surface area contributed by atoms with E-state index in [-0.39, 0.29) is 0 Å². The van der Waals surface area contributed by atoms with Gasteiger partial charge in [-0.05, 0) is 25.5 Å². The smallest absolute Gasteiger partial charge is 0.135 e. The van der Waals surface area contributed by atoms with Crippen molar-refractivity contribution in [1.82, 2.24) is 4.98 Å². The molecule has 1 heterocycles. The van der Waals surface area contributed by atoms with Gasteiger partial charge in [-0.15, -0.1) is 0 Å². The van der Waals surface area contributed by atoms with E-state index in [0.717, 1.165) is 24.3 Å². The molecular formula is C12H19N3. The van der Waals surface area contributed by atoms with E-state index < -0.39 is 0 Å². The van der Waals surface area contributed by atoms with Crippen LogP contribution in [0, 0.1) is 5.41 Å². The molecule has 0 bridgehead atoms. The highest BCUT2D eigenvalue weighted by Gasteiger charge is 2.03. The SMILES string of the molecule is CCCCCNc1ncccc1C(C)=N. The van der Waals surface area contributed by atoms with Crippen LogP contribution in [0.25, 0.3) is 0 Å². The van der Waals surface area contributed by atoms with E-state index in [2.05, 4.69) is 17.2 Å². The average molecular weight is 205 g/mol. The molecule has 0 aliphatic rings. The summed E-state index contributed by atoms with van der Waals surface area (Å²) in [6.07, 6.45) is 5.37. The predicted molar refractivity (Wildman–Crippen MR) is 64.8 cm³/mol. The number of rotatable bonds is 6. The summed E-state index contributed by atoms with van der Waals surface area (Å²) in [6, 6.07) is 3.79. The molecule has 82 valence electrons. The Morgan fingerprint density at radius 2 is 2.27 bits per heavy atom. The maximum Gasteiger partial charge on any atom is 0.135 e. The first-order valence-corrected chi connectivity index (χ1v) is 5.50. The van der Waals surface area contributed by atoms with E-state index in [1.54, 1.807) is 13.1 Å². The Bertz CT molecular complexity index is 320. The van der Waals surface area contributed by atoms with Crippen LogP contribution in [-0.2, 0) is 0 Å². The molecule has 0 aliphatic heterocycles. The minimum absolute atomic E-state index is 0.557. The van der Waals surface area contributed by atoms with Crippen molar-refractivity contribution in [3.63, 3.8) is 0 Å². The first-order valence-electron chi connectivity index (χ1n) is 5.50.